The second-order valence-corrected chi connectivity index (χ2v) is 8.53. The van der Waals surface area contributed by atoms with Gasteiger partial charge in [-0.3, -0.25) is 9.20 Å². The number of aromatic nitrogens is 4. The lowest BCUT2D eigenvalue weighted by molar-refractivity contribution is 0.927. The molecule has 0 fully saturated rings. The monoisotopic (exact) mass is 437 g/mol. The Kier molecular flexibility index (Phi) is 5.00. The number of hydrogen-bond acceptors (Lipinski definition) is 5. The molecule has 0 N–H and O–H groups in total. The Morgan fingerprint density at radius 1 is 0.969 bits per heavy atom. The standard InChI is InChI=1S/C25H19N5OS/c1-16-6-5-9-21(17(16)2)29-23(31)20-7-3-4-8-22(20)30-24(29)27-28-25(30)32-15-19-12-10-18(14-26)11-13-19/h3-13H,15H2,1-2H3. The molecule has 7 heteroatoms. The van der Waals surface area contributed by atoms with E-state index >= 15 is 0 Å². The number of fused-ring (bicyclic) bond motifs is 3. The van der Waals surface area contributed by atoms with Crippen molar-refractivity contribution in [1.29, 1.82) is 5.26 Å². The Balaban J connectivity index is 1.70. The summed E-state index contributed by atoms with van der Waals surface area (Å²) in [5.41, 5.74) is 5.33. The molecule has 2 aromatic heterocycles. The molecule has 3 aromatic carbocycles. The molecule has 2 heterocycles. The molecule has 156 valence electrons. The van der Waals surface area contributed by atoms with E-state index in [2.05, 4.69) is 16.3 Å². The molecule has 0 unspecified atom stereocenters. The fraction of sp³-hybridized carbons (Fsp3) is 0.120. The van der Waals surface area contributed by atoms with E-state index in [9.17, 15) is 4.79 Å². The predicted octanol–water partition coefficient (Wildman–Crippen LogP) is 4.81. The summed E-state index contributed by atoms with van der Waals surface area (Å²) in [4.78, 5) is 13.5. The molecular formula is C25H19N5OS. The Labute approximate surface area is 188 Å². The van der Waals surface area contributed by atoms with E-state index in [0.717, 1.165) is 27.9 Å². The lowest BCUT2D eigenvalue weighted by atomic mass is 10.1. The largest absolute Gasteiger partial charge is 0.268 e. The van der Waals surface area contributed by atoms with Crippen molar-refractivity contribution >= 4 is 28.4 Å². The van der Waals surface area contributed by atoms with Crippen LogP contribution in [0.1, 0.15) is 22.3 Å². The van der Waals surface area contributed by atoms with Gasteiger partial charge in [0.15, 0.2) is 5.16 Å². The van der Waals surface area contributed by atoms with E-state index in [1.54, 1.807) is 16.3 Å². The zero-order valence-electron chi connectivity index (χ0n) is 17.6. The minimum Gasteiger partial charge on any atom is -0.268 e. The van der Waals surface area contributed by atoms with Gasteiger partial charge in [-0.15, -0.1) is 10.2 Å². The van der Waals surface area contributed by atoms with Gasteiger partial charge in [0, 0.05) is 5.75 Å². The Morgan fingerprint density at radius 2 is 1.75 bits per heavy atom. The second kappa shape index (κ2) is 7.98. The molecule has 5 aromatic rings. The van der Waals surface area contributed by atoms with Crippen LogP contribution in [0.3, 0.4) is 0 Å². The molecule has 0 atom stereocenters. The Morgan fingerprint density at radius 3 is 2.53 bits per heavy atom. The summed E-state index contributed by atoms with van der Waals surface area (Å²) in [7, 11) is 0. The third-order valence-corrected chi connectivity index (χ3v) is 6.66. The molecule has 0 amide bonds. The van der Waals surface area contributed by atoms with Gasteiger partial charge in [0.05, 0.1) is 28.2 Å². The molecule has 0 radical (unpaired) electrons. The maximum atomic E-state index is 13.5. The molecule has 0 aliphatic rings. The van der Waals surface area contributed by atoms with E-state index in [1.165, 1.54) is 0 Å². The predicted molar refractivity (Wildman–Crippen MR) is 126 cm³/mol. The van der Waals surface area contributed by atoms with Crippen molar-refractivity contribution in [2.75, 3.05) is 0 Å². The van der Waals surface area contributed by atoms with Crippen molar-refractivity contribution in [3.8, 4) is 11.8 Å². The molecule has 5 rings (SSSR count). The van der Waals surface area contributed by atoms with Crippen LogP contribution < -0.4 is 5.56 Å². The fourth-order valence-electron chi connectivity index (χ4n) is 3.79. The van der Waals surface area contributed by atoms with Crippen molar-refractivity contribution in [1.82, 2.24) is 19.2 Å². The highest BCUT2D eigenvalue weighted by Gasteiger charge is 2.19. The lowest BCUT2D eigenvalue weighted by Gasteiger charge is -2.14. The summed E-state index contributed by atoms with van der Waals surface area (Å²) in [6.07, 6.45) is 0. The number of aryl methyl sites for hydroxylation is 1. The third-order valence-electron chi connectivity index (χ3n) is 5.66. The van der Waals surface area contributed by atoms with Crippen molar-refractivity contribution in [2.45, 2.75) is 24.8 Å². The molecule has 0 saturated heterocycles. The van der Waals surface area contributed by atoms with Crippen molar-refractivity contribution < 1.29 is 0 Å². The topological polar surface area (TPSA) is 76.0 Å². The van der Waals surface area contributed by atoms with Gasteiger partial charge in [-0.25, -0.2) is 4.57 Å². The zero-order chi connectivity index (χ0) is 22.2. The lowest BCUT2D eigenvalue weighted by Crippen LogP contribution is -2.22. The smallest absolute Gasteiger partial charge is 0.267 e. The van der Waals surface area contributed by atoms with Crippen LogP contribution in [0, 0.1) is 25.2 Å². The molecule has 0 saturated carbocycles. The van der Waals surface area contributed by atoms with Crippen molar-refractivity contribution in [2.24, 2.45) is 0 Å². The maximum absolute atomic E-state index is 13.5. The molecule has 6 nitrogen and oxygen atoms in total. The minimum absolute atomic E-state index is 0.113. The summed E-state index contributed by atoms with van der Waals surface area (Å²) in [6, 6.07) is 23.1. The van der Waals surface area contributed by atoms with Crippen molar-refractivity contribution in [3.05, 3.63) is 99.3 Å². The summed E-state index contributed by atoms with van der Waals surface area (Å²) in [5.74, 6) is 1.16. The van der Waals surface area contributed by atoms with Gasteiger partial charge in [0.2, 0.25) is 5.78 Å². The average molecular weight is 438 g/mol. The average Bonchev–Trinajstić information content (AvgIpc) is 3.24. The van der Waals surface area contributed by atoms with Gasteiger partial charge in [0.25, 0.3) is 5.56 Å². The van der Waals surface area contributed by atoms with Gasteiger partial charge in [-0.2, -0.15) is 5.26 Å². The van der Waals surface area contributed by atoms with Gasteiger partial charge < -0.3 is 0 Å². The van der Waals surface area contributed by atoms with Crippen LogP contribution in [0.5, 0.6) is 0 Å². The van der Waals surface area contributed by atoms with Gasteiger partial charge >= 0.3 is 0 Å². The van der Waals surface area contributed by atoms with Gasteiger partial charge in [0.1, 0.15) is 0 Å². The molecule has 32 heavy (non-hydrogen) atoms. The highest BCUT2D eigenvalue weighted by Crippen LogP contribution is 2.27. The Bertz CT molecular complexity index is 1580. The zero-order valence-corrected chi connectivity index (χ0v) is 18.4. The van der Waals surface area contributed by atoms with E-state index in [1.807, 2.05) is 85.0 Å². The molecule has 0 aliphatic carbocycles. The number of nitrogens with zero attached hydrogens (tertiary/aromatic N) is 5. The molecule has 0 bridgehead atoms. The number of nitriles is 1. The van der Waals surface area contributed by atoms with Crippen LogP contribution >= 0.6 is 11.8 Å². The minimum atomic E-state index is -0.113. The van der Waals surface area contributed by atoms with Gasteiger partial charge in [-0.05, 0) is 60.9 Å². The van der Waals surface area contributed by atoms with E-state index in [4.69, 9.17) is 5.26 Å². The van der Waals surface area contributed by atoms with Crippen LogP contribution in [-0.4, -0.2) is 19.2 Å². The van der Waals surface area contributed by atoms with Crippen molar-refractivity contribution in [3.63, 3.8) is 0 Å². The van der Waals surface area contributed by atoms with Crippen LogP contribution in [0.4, 0.5) is 0 Å². The summed E-state index contributed by atoms with van der Waals surface area (Å²) < 4.78 is 3.61. The number of para-hydroxylation sites is 1. The van der Waals surface area contributed by atoms with Crippen LogP contribution in [0.25, 0.3) is 22.4 Å². The van der Waals surface area contributed by atoms with E-state index < -0.39 is 0 Å². The fourth-order valence-corrected chi connectivity index (χ4v) is 4.69. The first-order chi connectivity index (χ1) is 15.6. The number of thioether (sulfide) groups is 1. The first-order valence-corrected chi connectivity index (χ1v) is 11.1. The number of rotatable bonds is 4. The van der Waals surface area contributed by atoms with Crippen LogP contribution in [0.15, 0.2) is 76.7 Å². The SMILES string of the molecule is Cc1cccc(-n2c(=O)c3ccccc3n3c(SCc4ccc(C#N)cc4)nnc23)c1C. The third kappa shape index (κ3) is 3.26. The highest BCUT2D eigenvalue weighted by molar-refractivity contribution is 7.98. The van der Waals surface area contributed by atoms with E-state index in [-0.39, 0.29) is 5.56 Å². The molecule has 0 spiro atoms. The Hall–Kier alpha value is -3.89. The van der Waals surface area contributed by atoms with Gasteiger partial charge in [-0.1, -0.05) is 48.2 Å². The number of hydrogen-bond donors (Lipinski definition) is 0. The first-order valence-electron chi connectivity index (χ1n) is 10.2. The van der Waals surface area contributed by atoms with E-state index in [0.29, 0.717) is 27.6 Å². The second-order valence-electron chi connectivity index (χ2n) is 7.59. The summed E-state index contributed by atoms with van der Waals surface area (Å²) in [5, 5.41) is 19.2. The quantitative estimate of drug-likeness (QED) is 0.377. The summed E-state index contributed by atoms with van der Waals surface area (Å²) in [6.45, 7) is 4.05. The highest BCUT2D eigenvalue weighted by atomic mass is 32.2. The first kappa shape index (κ1) is 20.0. The molecule has 0 aliphatic heterocycles. The molecular weight excluding hydrogens is 418 g/mol. The maximum Gasteiger partial charge on any atom is 0.267 e. The van der Waals surface area contributed by atoms with Crippen LogP contribution in [-0.2, 0) is 5.75 Å². The summed E-state index contributed by atoms with van der Waals surface area (Å²) >= 11 is 1.55. The van der Waals surface area contributed by atoms with Crippen LogP contribution in [0.2, 0.25) is 0 Å². The number of benzene rings is 3. The normalized spacial score (nSPS) is 11.2.